The summed E-state index contributed by atoms with van der Waals surface area (Å²) < 4.78 is 21.2. The van der Waals surface area contributed by atoms with Gasteiger partial charge in [-0.05, 0) is 79.7 Å². The van der Waals surface area contributed by atoms with E-state index in [0.29, 0.717) is 28.6 Å². The summed E-state index contributed by atoms with van der Waals surface area (Å²) in [6.07, 6.45) is 0.498. The topological polar surface area (TPSA) is 53.3 Å². The molecule has 1 fully saturated rings. The van der Waals surface area contributed by atoms with Gasteiger partial charge in [-0.15, -0.1) is 0 Å². The lowest BCUT2D eigenvalue weighted by Gasteiger charge is -2.16. The van der Waals surface area contributed by atoms with Gasteiger partial charge >= 0.3 is 0 Å². The van der Waals surface area contributed by atoms with Gasteiger partial charge in [0.2, 0.25) is 5.91 Å². The van der Waals surface area contributed by atoms with E-state index in [-0.39, 0.29) is 23.6 Å². The van der Waals surface area contributed by atoms with Crippen LogP contribution in [0.5, 0.6) is 5.75 Å². The first-order chi connectivity index (χ1) is 16.4. The zero-order chi connectivity index (χ0) is 24.2. The lowest BCUT2D eigenvalue weighted by molar-refractivity contribution is -0.126. The third-order valence-electron chi connectivity index (χ3n) is 5.25. The van der Waals surface area contributed by atoms with Gasteiger partial charge in [-0.2, -0.15) is 5.26 Å². The first-order valence-corrected chi connectivity index (χ1v) is 13.1. The molecule has 0 unspecified atom stereocenters. The molecule has 0 bridgehead atoms. The number of amides is 1. The molecule has 4 rings (SSSR count). The number of hydrogen-bond acceptors (Lipinski definition) is 5. The Kier molecular flexibility index (Phi) is 8.04. The Hall–Kier alpha value is -2.25. The number of rotatable bonds is 7. The molecule has 4 nitrogen and oxygen atoms in total. The molecule has 3 aromatic rings. The van der Waals surface area contributed by atoms with Crippen LogP contribution >= 0.6 is 55.8 Å². The molecule has 9 heteroatoms. The number of nitriles is 1. The highest BCUT2D eigenvalue weighted by Gasteiger charge is 2.37. The van der Waals surface area contributed by atoms with Gasteiger partial charge in [0, 0.05) is 5.56 Å². The van der Waals surface area contributed by atoms with Crippen molar-refractivity contribution in [1.82, 2.24) is 4.90 Å². The van der Waals surface area contributed by atoms with Gasteiger partial charge in [-0.1, -0.05) is 54.3 Å². The maximum atomic E-state index is 13.2. The van der Waals surface area contributed by atoms with Crippen molar-refractivity contribution in [1.29, 1.82) is 5.26 Å². The molecule has 34 heavy (non-hydrogen) atoms. The molecule has 0 saturated carbocycles. The third kappa shape index (κ3) is 5.69. The quantitative estimate of drug-likeness (QED) is 0.273. The molecule has 0 spiro atoms. The van der Waals surface area contributed by atoms with Gasteiger partial charge in [-0.3, -0.25) is 9.69 Å². The Bertz CT molecular complexity index is 1270. The van der Waals surface area contributed by atoms with Crippen LogP contribution in [0.1, 0.15) is 22.3 Å². The summed E-state index contributed by atoms with van der Waals surface area (Å²) in [6.45, 7) is 0.579. The van der Waals surface area contributed by atoms with E-state index in [2.05, 4.69) is 37.9 Å². The van der Waals surface area contributed by atoms with Crippen LogP contribution in [-0.2, 0) is 24.4 Å². The summed E-state index contributed by atoms with van der Waals surface area (Å²) in [7, 11) is 0. The van der Waals surface area contributed by atoms with E-state index in [0.717, 1.165) is 25.6 Å². The fourth-order valence-corrected chi connectivity index (χ4v) is 6.57. The minimum absolute atomic E-state index is 0.0555. The fourth-order valence-electron chi connectivity index (χ4n) is 3.53. The zero-order valence-corrected chi connectivity index (χ0v) is 22.4. The predicted molar refractivity (Wildman–Crippen MR) is 142 cm³/mol. The highest BCUT2D eigenvalue weighted by atomic mass is 79.9. The lowest BCUT2D eigenvalue weighted by atomic mass is 10.1. The standard InChI is InChI=1S/C25H17Br2FN2O2S2/c26-20-9-16(10-21(27)23(20)32-14-18-4-2-1-3-17(18)12-29)11-22-24(31)30(25(33)34-22)13-15-5-7-19(28)8-6-15/h1-10,22H,11,13-14H2/t22-/m1/s1. The number of thioether (sulfide) groups is 1. The van der Waals surface area contributed by atoms with Gasteiger partial charge in [0.25, 0.3) is 0 Å². The average molecular weight is 620 g/mol. The SMILES string of the molecule is N#Cc1ccccc1COc1c(Br)cc(C[C@H]2SC(=S)N(Cc3ccc(F)cc3)C2=O)cc1Br. The Labute approximate surface area is 223 Å². The van der Waals surface area contributed by atoms with E-state index in [1.54, 1.807) is 23.1 Å². The highest BCUT2D eigenvalue weighted by Crippen LogP contribution is 2.38. The number of nitrogens with zero attached hydrogens (tertiary/aromatic N) is 2. The van der Waals surface area contributed by atoms with Gasteiger partial charge < -0.3 is 4.74 Å². The van der Waals surface area contributed by atoms with Crippen molar-refractivity contribution in [3.63, 3.8) is 0 Å². The fraction of sp³-hybridized carbons (Fsp3) is 0.160. The number of thiocarbonyl (C=S) groups is 1. The maximum absolute atomic E-state index is 13.2. The van der Waals surface area contributed by atoms with Crippen molar-refractivity contribution in [3.8, 4) is 11.8 Å². The van der Waals surface area contributed by atoms with E-state index in [9.17, 15) is 14.4 Å². The zero-order valence-electron chi connectivity index (χ0n) is 17.6. The molecule has 0 N–H and O–H groups in total. The highest BCUT2D eigenvalue weighted by molar-refractivity contribution is 9.11. The molecular formula is C25H17Br2FN2O2S2. The molecule has 0 radical (unpaired) electrons. The van der Waals surface area contributed by atoms with Crippen LogP contribution in [0.25, 0.3) is 0 Å². The summed E-state index contributed by atoms with van der Waals surface area (Å²) >= 11 is 13.9. The smallest absolute Gasteiger partial charge is 0.242 e. The molecule has 1 heterocycles. The minimum atomic E-state index is -0.332. The summed E-state index contributed by atoms with van der Waals surface area (Å²) in [5.41, 5.74) is 3.14. The molecule has 172 valence electrons. The molecular weight excluding hydrogens is 603 g/mol. The van der Waals surface area contributed by atoms with Crippen LogP contribution < -0.4 is 4.74 Å². The first-order valence-electron chi connectivity index (χ1n) is 10.2. The average Bonchev–Trinajstić information content (AvgIpc) is 3.07. The molecule has 1 amide bonds. The van der Waals surface area contributed by atoms with Crippen molar-refractivity contribution in [2.45, 2.75) is 24.8 Å². The van der Waals surface area contributed by atoms with E-state index >= 15 is 0 Å². The number of carbonyl (C=O) groups excluding carboxylic acids is 1. The van der Waals surface area contributed by atoms with Crippen LogP contribution in [0.15, 0.2) is 69.6 Å². The van der Waals surface area contributed by atoms with Crippen LogP contribution in [0.4, 0.5) is 4.39 Å². The first kappa shape index (κ1) is 24.9. The number of carbonyl (C=O) groups is 1. The van der Waals surface area contributed by atoms with Crippen molar-refractivity contribution in [2.24, 2.45) is 0 Å². The van der Waals surface area contributed by atoms with Crippen LogP contribution in [0.3, 0.4) is 0 Å². The van der Waals surface area contributed by atoms with Gasteiger partial charge in [-0.25, -0.2) is 4.39 Å². The van der Waals surface area contributed by atoms with Crippen molar-refractivity contribution < 1.29 is 13.9 Å². The van der Waals surface area contributed by atoms with Crippen molar-refractivity contribution in [3.05, 3.63) is 97.7 Å². The Morgan fingerprint density at radius 3 is 2.44 bits per heavy atom. The second kappa shape index (κ2) is 11.0. The monoisotopic (exact) mass is 618 g/mol. The number of ether oxygens (including phenoxy) is 1. The molecule has 3 aromatic carbocycles. The van der Waals surface area contributed by atoms with E-state index < -0.39 is 0 Å². The van der Waals surface area contributed by atoms with Crippen LogP contribution in [0, 0.1) is 17.1 Å². The van der Waals surface area contributed by atoms with Gasteiger partial charge in [0.1, 0.15) is 22.5 Å². The third-order valence-corrected chi connectivity index (χ3v) is 8.01. The van der Waals surface area contributed by atoms with E-state index in [1.807, 2.05) is 30.3 Å². The predicted octanol–water partition coefficient (Wildman–Crippen LogP) is 6.77. The number of benzene rings is 3. The second-order valence-corrected chi connectivity index (χ2v) is 11.1. The largest absolute Gasteiger partial charge is 0.486 e. The molecule has 0 aromatic heterocycles. The Morgan fingerprint density at radius 2 is 1.76 bits per heavy atom. The molecule has 1 atom stereocenters. The Balaban J connectivity index is 1.44. The second-order valence-electron chi connectivity index (χ2n) is 7.57. The molecule has 1 aliphatic heterocycles. The normalized spacial score (nSPS) is 15.5. The molecule has 1 saturated heterocycles. The molecule has 0 aliphatic carbocycles. The van der Waals surface area contributed by atoms with Crippen molar-refractivity contribution in [2.75, 3.05) is 0 Å². The van der Waals surface area contributed by atoms with Crippen LogP contribution in [0.2, 0.25) is 0 Å². The minimum Gasteiger partial charge on any atom is -0.486 e. The summed E-state index contributed by atoms with van der Waals surface area (Å²) in [5, 5.41) is 8.94. The van der Waals surface area contributed by atoms with E-state index in [1.165, 1.54) is 23.9 Å². The number of halogens is 3. The Morgan fingerprint density at radius 1 is 1.09 bits per heavy atom. The maximum Gasteiger partial charge on any atom is 0.242 e. The van der Waals surface area contributed by atoms with E-state index in [4.69, 9.17) is 17.0 Å². The number of hydrogen-bond donors (Lipinski definition) is 0. The van der Waals surface area contributed by atoms with Gasteiger partial charge in [0.05, 0.1) is 32.4 Å². The summed E-state index contributed by atoms with van der Waals surface area (Å²) in [6, 6.07) is 19.4. The summed E-state index contributed by atoms with van der Waals surface area (Å²) in [5.74, 6) is 0.250. The van der Waals surface area contributed by atoms with Crippen molar-refractivity contribution >= 4 is 66.1 Å². The molecule has 1 aliphatic rings. The summed E-state index contributed by atoms with van der Waals surface area (Å²) in [4.78, 5) is 14.6. The van der Waals surface area contributed by atoms with Crippen LogP contribution in [-0.4, -0.2) is 20.4 Å². The lowest BCUT2D eigenvalue weighted by Crippen LogP contribution is -2.31. The van der Waals surface area contributed by atoms with Gasteiger partial charge in [0.15, 0.2) is 0 Å².